The fourth-order valence-corrected chi connectivity index (χ4v) is 3.38. The predicted molar refractivity (Wildman–Crippen MR) is 71.0 cm³/mol. The van der Waals surface area contributed by atoms with E-state index in [2.05, 4.69) is 4.90 Å². The van der Waals surface area contributed by atoms with Gasteiger partial charge in [0.1, 0.15) is 5.82 Å². The summed E-state index contributed by atoms with van der Waals surface area (Å²) in [5.74, 6) is 0.0796. The second-order valence-corrected chi connectivity index (χ2v) is 5.56. The molecule has 2 heterocycles. The fourth-order valence-electron chi connectivity index (χ4n) is 3.38. The van der Waals surface area contributed by atoms with Crippen LogP contribution in [0.15, 0.2) is 24.3 Å². The number of carbonyl (C=O) groups is 1. The number of rotatable bonds is 2. The number of fused-ring (bicyclic) bond motifs is 1. The lowest BCUT2D eigenvalue weighted by atomic mass is 9.97. The van der Waals surface area contributed by atoms with Crippen molar-refractivity contribution in [1.82, 2.24) is 9.80 Å². The third kappa shape index (κ3) is 2.37. The molecule has 4 heteroatoms. The van der Waals surface area contributed by atoms with Gasteiger partial charge in [-0.15, -0.1) is 0 Å². The van der Waals surface area contributed by atoms with Crippen LogP contribution >= 0.6 is 0 Å². The van der Waals surface area contributed by atoms with E-state index < -0.39 is 0 Å². The molecule has 2 aliphatic rings. The number of nitrogens with zero attached hydrogens (tertiary/aromatic N) is 2. The topological polar surface area (TPSA) is 23.6 Å². The van der Waals surface area contributed by atoms with E-state index in [1.165, 1.54) is 12.1 Å². The zero-order chi connectivity index (χ0) is 13.4. The molecule has 0 bridgehead atoms. The van der Waals surface area contributed by atoms with Crippen LogP contribution in [0.25, 0.3) is 0 Å². The third-order valence-electron chi connectivity index (χ3n) is 4.47. The van der Waals surface area contributed by atoms with Crippen LogP contribution in [-0.2, 0) is 11.3 Å². The standard InChI is InChI=1S/C15H19FN2O/c1-17-13-8-9-18(14(13)6-7-15(17)19)10-11-2-4-12(16)5-3-11/h2-5,13-14H,6-10H2,1H3/t13-,14-/m1/s1. The van der Waals surface area contributed by atoms with Gasteiger partial charge in [-0.05, 0) is 30.5 Å². The Bertz CT molecular complexity index is 474. The largest absolute Gasteiger partial charge is 0.341 e. The van der Waals surface area contributed by atoms with Crippen molar-refractivity contribution in [2.75, 3.05) is 13.6 Å². The number of hydrogen-bond acceptors (Lipinski definition) is 2. The van der Waals surface area contributed by atoms with Crippen molar-refractivity contribution < 1.29 is 9.18 Å². The van der Waals surface area contributed by atoms with E-state index in [0.717, 1.165) is 31.5 Å². The second-order valence-electron chi connectivity index (χ2n) is 5.56. The van der Waals surface area contributed by atoms with Crippen LogP contribution in [-0.4, -0.2) is 41.4 Å². The normalized spacial score (nSPS) is 27.7. The van der Waals surface area contributed by atoms with Gasteiger partial charge >= 0.3 is 0 Å². The second kappa shape index (κ2) is 4.93. The van der Waals surface area contributed by atoms with E-state index in [1.807, 2.05) is 24.1 Å². The van der Waals surface area contributed by atoms with Crippen LogP contribution in [0.4, 0.5) is 4.39 Å². The van der Waals surface area contributed by atoms with Crippen molar-refractivity contribution in [3.05, 3.63) is 35.6 Å². The Hall–Kier alpha value is -1.42. The lowest BCUT2D eigenvalue weighted by Gasteiger charge is -2.37. The molecule has 1 aromatic carbocycles. The summed E-state index contributed by atoms with van der Waals surface area (Å²) in [7, 11) is 1.92. The van der Waals surface area contributed by atoms with E-state index in [0.29, 0.717) is 18.5 Å². The molecule has 2 aliphatic heterocycles. The van der Waals surface area contributed by atoms with Gasteiger partial charge in [0.05, 0.1) is 0 Å². The minimum atomic E-state index is -0.189. The van der Waals surface area contributed by atoms with Crippen LogP contribution in [0.2, 0.25) is 0 Å². The summed E-state index contributed by atoms with van der Waals surface area (Å²) in [5.41, 5.74) is 1.14. The van der Waals surface area contributed by atoms with Crippen molar-refractivity contribution in [3.63, 3.8) is 0 Å². The fraction of sp³-hybridized carbons (Fsp3) is 0.533. The van der Waals surface area contributed by atoms with Crippen LogP contribution in [0.3, 0.4) is 0 Å². The molecular formula is C15H19FN2O. The summed E-state index contributed by atoms with van der Waals surface area (Å²) in [5, 5.41) is 0. The Morgan fingerprint density at radius 1 is 1.21 bits per heavy atom. The minimum absolute atomic E-state index is 0.189. The molecule has 0 radical (unpaired) electrons. The Kier molecular flexibility index (Phi) is 3.27. The molecule has 0 saturated carbocycles. The molecule has 2 atom stereocenters. The van der Waals surface area contributed by atoms with E-state index in [-0.39, 0.29) is 11.7 Å². The number of halogens is 1. The van der Waals surface area contributed by atoms with Gasteiger partial charge in [-0.2, -0.15) is 0 Å². The van der Waals surface area contributed by atoms with E-state index >= 15 is 0 Å². The number of hydrogen-bond donors (Lipinski definition) is 0. The number of likely N-dealkylation sites (N-methyl/N-ethyl adjacent to an activating group) is 1. The van der Waals surface area contributed by atoms with Crippen LogP contribution in [0, 0.1) is 5.82 Å². The maximum absolute atomic E-state index is 12.9. The van der Waals surface area contributed by atoms with Crippen molar-refractivity contribution in [3.8, 4) is 0 Å². The molecule has 1 aromatic rings. The molecule has 0 aromatic heterocycles. The van der Waals surface area contributed by atoms with Crippen molar-refractivity contribution in [2.45, 2.75) is 37.9 Å². The molecule has 19 heavy (non-hydrogen) atoms. The molecule has 2 saturated heterocycles. The first-order valence-electron chi connectivity index (χ1n) is 6.89. The summed E-state index contributed by atoms with van der Waals surface area (Å²) >= 11 is 0. The number of amides is 1. The molecular weight excluding hydrogens is 243 g/mol. The van der Waals surface area contributed by atoms with Gasteiger partial charge in [0.2, 0.25) is 5.91 Å². The highest BCUT2D eigenvalue weighted by Crippen LogP contribution is 2.31. The molecule has 0 aliphatic carbocycles. The zero-order valence-electron chi connectivity index (χ0n) is 11.2. The average Bonchev–Trinajstić information content (AvgIpc) is 2.80. The van der Waals surface area contributed by atoms with Gasteiger partial charge in [-0.3, -0.25) is 9.69 Å². The van der Waals surface area contributed by atoms with Gasteiger partial charge in [0.15, 0.2) is 0 Å². The van der Waals surface area contributed by atoms with Gasteiger partial charge in [-0.25, -0.2) is 4.39 Å². The molecule has 102 valence electrons. The smallest absolute Gasteiger partial charge is 0.222 e. The maximum atomic E-state index is 12.9. The highest BCUT2D eigenvalue weighted by Gasteiger charge is 2.41. The number of likely N-dealkylation sites (tertiary alicyclic amines) is 2. The lowest BCUT2D eigenvalue weighted by molar-refractivity contribution is -0.135. The van der Waals surface area contributed by atoms with Gasteiger partial charge in [-0.1, -0.05) is 12.1 Å². The Morgan fingerprint density at radius 3 is 2.68 bits per heavy atom. The first kappa shape index (κ1) is 12.6. The molecule has 3 rings (SSSR count). The highest BCUT2D eigenvalue weighted by atomic mass is 19.1. The number of carbonyl (C=O) groups excluding carboxylic acids is 1. The predicted octanol–water partition coefficient (Wildman–Crippen LogP) is 2.02. The van der Waals surface area contributed by atoms with E-state index in [1.54, 1.807) is 0 Å². The highest BCUT2D eigenvalue weighted by molar-refractivity contribution is 5.77. The van der Waals surface area contributed by atoms with E-state index in [4.69, 9.17) is 0 Å². The molecule has 0 unspecified atom stereocenters. The van der Waals surface area contributed by atoms with Crippen LogP contribution < -0.4 is 0 Å². The summed E-state index contributed by atoms with van der Waals surface area (Å²) in [6.45, 7) is 1.87. The SMILES string of the molecule is CN1C(=O)CC[C@@H]2[C@H]1CCN2Cc1ccc(F)cc1. The summed E-state index contributed by atoms with van der Waals surface area (Å²) in [4.78, 5) is 16.1. The van der Waals surface area contributed by atoms with Gasteiger partial charge in [0, 0.05) is 38.6 Å². The summed E-state index contributed by atoms with van der Waals surface area (Å²) < 4.78 is 12.9. The van der Waals surface area contributed by atoms with Crippen molar-refractivity contribution in [1.29, 1.82) is 0 Å². The maximum Gasteiger partial charge on any atom is 0.222 e. The summed E-state index contributed by atoms with van der Waals surface area (Å²) in [6.07, 6.45) is 2.65. The molecule has 2 fully saturated rings. The Balaban J connectivity index is 1.70. The minimum Gasteiger partial charge on any atom is -0.341 e. The first-order valence-corrected chi connectivity index (χ1v) is 6.89. The van der Waals surface area contributed by atoms with Gasteiger partial charge < -0.3 is 4.90 Å². The van der Waals surface area contributed by atoms with E-state index in [9.17, 15) is 9.18 Å². The molecule has 0 spiro atoms. The third-order valence-corrected chi connectivity index (χ3v) is 4.47. The monoisotopic (exact) mass is 262 g/mol. The molecule has 1 amide bonds. The quantitative estimate of drug-likeness (QED) is 0.814. The number of piperidine rings is 1. The van der Waals surface area contributed by atoms with Gasteiger partial charge in [0.25, 0.3) is 0 Å². The zero-order valence-corrected chi connectivity index (χ0v) is 11.2. The Labute approximate surface area is 113 Å². The van der Waals surface area contributed by atoms with Crippen molar-refractivity contribution >= 4 is 5.91 Å². The Morgan fingerprint density at radius 2 is 1.95 bits per heavy atom. The lowest BCUT2D eigenvalue weighted by Crippen LogP contribution is -2.50. The molecule has 0 N–H and O–H groups in total. The summed E-state index contributed by atoms with van der Waals surface area (Å²) in [6, 6.07) is 7.55. The van der Waals surface area contributed by atoms with Crippen LogP contribution in [0.1, 0.15) is 24.8 Å². The first-order chi connectivity index (χ1) is 9.15. The average molecular weight is 262 g/mol. The van der Waals surface area contributed by atoms with Crippen LogP contribution in [0.5, 0.6) is 0 Å². The van der Waals surface area contributed by atoms with Crippen molar-refractivity contribution in [2.24, 2.45) is 0 Å². The number of benzene rings is 1. The molecule has 3 nitrogen and oxygen atoms in total.